The highest BCUT2D eigenvalue weighted by molar-refractivity contribution is 5.94. The molecule has 1 fully saturated rings. The summed E-state index contributed by atoms with van der Waals surface area (Å²) in [6, 6.07) is 3.56. The Hall–Kier alpha value is -1.04. The monoisotopic (exact) mass is 349 g/mol. The number of nitrogens with zero attached hydrogens (tertiary/aromatic N) is 1. The fraction of sp³-hybridized carbons (Fsp3) is 0.600. The third kappa shape index (κ3) is 6.38. The SMILES string of the molecule is CC(C)Oc1cccnc1C(=O)NCCC1CCNC1.Cl.Cl. The molecule has 5 nitrogen and oxygen atoms in total. The number of carbonyl (C=O) groups excluding carboxylic acids is 1. The van der Waals surface area contributed by atoms with Crippen LogP contribution < -0.4 is 15.4 Å². The van der Waals surface area contributed by atoms with Crippen molar-refractivity contribution in [2.24, 2.45) is 5.92 Å². The summed E-state index contributed by atoms with van der Waals surface area (Å²) in [6.07, 6.45) is 3.84. The van der Waals surface area contributed by atoms with E-state index >= 15 is 0 Å². The second-order valence-electron chi connectivity index (χ2n) is 5.42. The highest BCUT2D eigenvalue weighted by Gasteiger charge is 2.17. The van der Waals surface area contributed by atoms with Crippen LogP contribution in [0.3, 0.4) is 0 Å². The van der Waals surface area contributed by atoms with Crippen molar-refractivity contribution in [1.82, 2.24) is 15.6 Å². The number of ether oxygens (including phenoxy) is 1. The number of hydrogen-bond donors (Lipinski definition) is 2. The van der Waals surface area contributed by atoms with Gasteiger partial charge < -0.3 is 15.4 Å². The van der Waals surface area contributed by atoms with E-state index in [0.717, 1.165) is 19.5 Å². The molecular formula is C15H25Cl2N3O2. The standard InChI is InChI=1S/C15H23N3O2.2ClH/c1-11(2)20-13-4-3-7-17-14(13)15(19)18-9-6-12-5-8-16-10-12;;/h3-4,7,11-12,16H,5-6,8-10H2,1-2H3,(H,18,19);2*1H. The molecule has 0 radical (unpaired) electrons. The van der Waals surface area contributed by atoms with E-state index in [2.05, 4.69) is 15.6 Å². The Morgan fingerprint density at radius 3 is 2.91 bits per heavy atom. The van der Waals surface area contributed by atoms with E-state index in [9.17, 15) is 4.79 Å². The molecule has 22 heavy (non-hydrogen) atoms. The highest BCUT2D eigenvalue weighted by atomic mass is 35.5. The van der Waals surface area contributed by atoms with Gasteiger partial charge in [-0.15, -0.1) is 24.8 Å². The van der Waals surface area contributed by atoms with Gasteiger partial charge in [0.1, 0.15) is 0 Å². The summed E-state index contributed by atoms with van der Waals surface area (Å²) in [7, 11) is 0. The molecule has 0 aromatic carbocycles. The van der Waals surface area contributed by atoms with E-state index in [1.807, 2.05) is 13.8 Å². The molecule has 0 bridgehead atoms. The van der Waals surface area contributed by atoms with Crippen molar-refractivity contribution in [2.75, 3.05) is 19.6 Å². The van der Waals surface area contributed by atoms with Crippen LogP contribution in [0, 0.1) is 5.92 Å². The predicted molar refractivity (Wildman–Crippen MR) is 92.4 cm³/mol. The van der Waals surface area contributed by atoms with Gasteiger partial charge in [-0.25, -0.2) is 4.98 Å². The van der Waals surface area contributed by atoms with Crippen LogP contribution >= 0.6 is 24.8 Å². The Morgan fingerprint density at radius 2 is 2.27 bits per heavy atom. The first kappa shape index (κ1) is 21.0. The molecule has 1 aliphatic heterocycles. The number of nitrogens with one attached hydrogen (secondary N) is 2. The molecule has 1 aromatic heterocycles. The van der Waals surface area contributed by atoms with Crippen LogP contribution in [-0.2, 0) is 0 Å². The molecule has 0 spiro atoms. The third-order valence-corrected chi connectivity index (χ3v) is 3.35. The summed E-state index contributed by atoms with van der Waals surface area (Å²) < 4.78 is 5.61. The second kappa shape index (κ2) is 10.6. The number of pyridine rings is 1. The molecule has 1 saturated heterocycles. The van der Waals surface area contributed by atoms with Crippen molar-refractivity contribution < 1.29 is 9.53 Å². The Labute approximate surface area is 144 Å². The summed E-state index contributed by atoms with van der Waals surface area (Å²) in [5.74, 6) is 1.06. The average molecular weight is 350 g/mol. The number of halogens is 2. The Morgan fingerprint density at radius 1 is 1.50 bits per heavy atom. The summed E-state index contributed by atoms with van der Waals surface area (Å²) >= 11 is 0. The van der Waals surface area contributed by atoms with Gasteiger partial charge in [-0.1, -0.05) is 0 Å². The van der Waals surface area contributed by atoms with Crippen LogP contribution in [0.5, 0.6) is 5.75 Å². The maximum absolute atomic E-state index is 12.2. The molecular weight excluding hydrogens is 325 g/mol. The Kier molecular flexibility index (Phi) is 10.1. The van der Waals surface area contributed by atoms with Crippen LogP contribution in [0.25, 0.3) is 0 Å². The molecule has 0 saturated carbocycles. The Balaban J connectivity index is 0.00000220. The van der Waals surface area contributed by atoms with Crippen LogP contribution in [0.15, 0.2) is 18.3 Å². The van der Waals surface area contributed by atoms with Gasteiger partial charge in [-0.3, -0.25) is 4.79 Å². The third-order valence-electron chi connectivity index (χ3n) is 3.35. The number of hydrogen-bond acceptors (Lipinski definition) is 4. The summed E-state index contributed by atoms with van der Waals surface area (Å²) in [5.41, 5.74) is 0.366. The number of rotatable bonds is 6. The average Bonchev–Trinajstić information content (AvgIpc) is 2.91. The molecule has 2 heterocycles. The maximum Gasteiger partial charge on any atom is 0.273 e. The van der Waals surface area contributed by atoms with Gasteiger partial charge in [0, 0.05) is 12.7 Å². The molecule has 2 N–H and O–H groups in total. The number of carbonyl (C=O) groups is 1. The van der Waals surface area contributed by atoms with Crippen molar-refractivity contribution in [3.8, 4) is 5.75 Å². The zero-order chi connectivity index (χ0) is 14.4. The van der Waals surface area contributed by atoms with E-state index in [4.69, 9.17) is 4.74 Å². The van der Waals surface area contributed by atoms with Crippen LogP contribution in [0.2, 0.25) is 0 Å². The van der Waals surface area contributed by atoms with E-state index in [1.54, 1.807) is 18.3 Å². The topological polar surface area (TPSA) is 63.2 Å². The quantitative estimate of drug-likeness (QED) is 0.827. The van der Waals surface area contributed by atoms with Gasteiger partial charge in [0.15, 0.2) is 11.4 Å². The molecule has 1 atom stereocenters. The van der Waals surface area contributed by atoms with E-state index in [0.29, 0.717) is 23.9 Å². The lowest BCUT2D eigenvalue weighted by Gasteiger charge is -2.13. The lowest BCUT2D eigenvalue weighted by Crippen LogP contribution is -2.28. The zero-order valence-corrected chi connectivity index (χ0v) is 14.6. The summed E-state index contributed by atoms with van der Waals surface area (Å²) in [6.45, 7) is 6.69. The lowest BCUT2D eigenvalue weighted by molar-refractivity contribution is 0.0940. The summed E-state index contributed by atoms with van der Waals surface area (Å²) in [5, 5.41) is 6.26. The van der Waals surface area contributed by atoms with Crippen molar-refractivity contribution in [1.29, 1.82) is 0 Å². The van der Waals surface area contributed by atoms with Crippen LogP contribution in [-0.4, -0.2) is 36.6 Å². The molecule has 1 amide bonds. The number of aromatic nitrogens is 1. The largest absolute Gasteiger partial charge is 0.489 e. The molecule has 1 aromatic rings. The predicted octanol–water partition coefficient (Wildman–Crippen LogP) is 2.44. The van der Waals surface area contributed by atoms with E-state index in [-0.39, 0.29) is 36.8 Å². The summed E-state index contributed by atoms with van der Waals surface area (Å²) in [4.78, 5) is 16.3. The van der Waals surface area contributed by atoms with Crippen molar-refractivity contribution in [3.05, 3.63) is 24.0 Å². The zero-order valence-electron chi connectivity index (χ0n) is 13.0. The second-order valence-corrected chi connectivity index (χ2v) is 5.42. The van der Waals surface area contributed by atoms with Crippen LogP contribution in [0.1, 0.15) is 37.2 Å². The van der Waals surface area contributed by atoms with Gasteiger partial charge >= 0.3 is 0 Å². The minimum Gasteiger partial charge on any atom is -0.489 e. The normalized spacial score (nSPS) is 16.6. The first-order valence-corrected chi connectivity index (χ1v) is 7.27. The van der Waals surface area contributed by atoms with E-state index < -0.39 is 0 Å². The minimum atomic E-state index is -0.160. The fourth-order valence-electron chi connectivity index (χ4n) is 2.34. The molecule has 126 valence electrons. The molecule has 1 aliphatic rings. The smallest absolute Gasteiger partial charge is 0.273 e. The lowest BCUT2D eigenvalue weighted by atomic mass is 10.1. The van der Waals surface area contributed by atoms with Crippen LogP contribution in [0.4, 0.5) is 0 Å². The van der Waals surface area contributed by atoms with Crippen molar-refractivity contribution >= 4 is 30.7 Å². The van der Waals surface area contributed by atoms with Gasteiger partial charge in [-0.2, -0.15) is 0 Å². The molecule has 2 rings (SSSR count). The first-order chi connectivity index (χ1) is 9.66. The first-order valence-electron chi connectivity index (χ1n) is 7.27. The van der Waals surface area contributed by atoms with Gasteiger partial charge in [-0.05, 0) is 57.8 Å². The van der Waals surface area contributed by atoms with Crippen molar-refractivity contribution in [3.63, 3.8) is 0 Å². The van der Waals surface area contributed by atoms with Crippen molar-refractivity contribution in [2.45, 2.75) is 32.8 Å². The molecule has 7 heteroatoms. The Bertz CT molecular complexity index is 452. The van der Waals surface area contributed by atoms with E-state index in [1.165, 1.54) is 6.42 Å². The highest BCUT2D eigenvalue weighted by Crippen LogP contribution is 2.17. The van der Waals surface area contributed by atoms with Gasteiger partial charge in [0.25, 0.3) is 5.91 Å². The van der Waals surface area contributed by atoms with Gasteiger partial charge in [0.2, 0.25) is 0 Å². The fourth-order valence-corrected chi connectivity index (χ4v) is 2.34. The maximum atomic E-state index is 12.2. The van der Waals surface area contributed by atoms with Gasteiger partial charge in [0.05, 0.1) is 6.10 Å². The molecule has 0 aliphatic carbocycles. The molecule has 1 unspecified atom stereocenters. The minimum absolute atomic E-state index is 0. The number of amides is 1.